The molecule has 2 heterocycles. The molecular weight excluding hydrogens is 1680 g/mol. The van der Waals surface area contributed by atoms with Crippen molar-refractivity contribution >= 4 is 74.7 Å². The standard InChI is InChI=1S/C18H15S.C16H22O6.C16H26O4.C15H28O5.C13H24O2.C9H13F5O5S.10CH4/c1-4-10-16(11-5-1)19(17-12-6-2-7-13-17)18-14-8-3-9-15-18;1-5-16(2,3)15(19)22-12-7-6-8-10(9(7)13(17)20-4)14(18)21-11(8)12;1-5-14(2,3)12(17)20-15(4)11-19-13(18)16(15)9-7-6-8-10-16;1-8-14(4,5)11(16)19-9-13(2,3)10-20-12(17)15(6,7)18;1-5-12(3,4)11(14)15-13(6-2)9-7-8-10-13;1-4-7(2,3)6(15)19-5(8(10,11)12)9(13,14)20(16,17)18;;;;;;;;;;/h1-15H;7-12H,5-6H2,1-4H3;5-11H2,1-4H3;18H,8-10H2,1-7H3;5-10H2,1-4H3;5H,4H2,1-3H3,(H,16,17,18);10*1H4/q+1;;;;;;;;;;;;;;;/p-1/t;;15-;;;;;;;;;;;;;/m..1............./s1. The number of benzene rings is 3. The Bertz CT molecular complexity index is 3790. The maximum Gasteiger partial charge on any atom is 0.432 e. The lowest BCUT2D eigenvalue weighted by Crippen LogP contribution is -2.53. The molecule has 3 aromatic carbocycles. The molecule has 4 saturated carbocycles. The first kappa shape index (κ1) is 132. The first-order valence-electron chi connectivity index (χ1n) is 40.1. The molecule has 8 atom stereocenters. The topological polar surface area (TPSA) is 314 Å². The monoisotopic (exact) mass is 1840 g/mol. The van der Waals surface area contributed by atoms with Gasteiger partial charge in [0.15, 0.2) is 36.0 Å². The van der Waals surface area contributed by atoms with E-state index in [0.717, 1.165) is 71.6 Å². The van der Waals surface area contributed by atoms with Crippen LogP contribution in [-0.4, -0.2) is 145 Å². The van der Waals surface area contributed by atoms with Crippen LogP contribution in [0.15, 0.2) is 106 Å². The summed E-state index contributed by atoms with van der Waals surface area (Å²) in [6, 6.07) is 32.2. The van der Waals surface area contributed by atoms with Gasteiger partial charge >= 0.3 is 65.2 Å². The second-order valence-corrected chi connectivity index (χ2v) is 39.0. The fourth-order valence-electron chi connectivity index (χ4n) is 13.3. The summed E-state index contributed by atoms with van der Waals surface area (Å²) in [6.45, 7) is 37.3. The Hall–Kier alpha value is -7.24. The highest BCUT2D eigenvalue weighted by atomic mass is 32.2. The zero-order valence-electron chi connectivity index (χ0n) is 71.9. The van der Waals surface area contributed by atoms with E-state index in [4.69, 9.17) is 37.9 Å². The molecule has 2 saturated heterocycles. The first-order chi connectivity index (χ1) is 53.4. The minimum Gasteiger partial charge on any atom is -0.743 e. The van der Waals surface area contributed by atoms with Crippen LogP contribution < -0.4 is 0 Å². The van der Waals surface area contributed by atoms with Gasteiger partial charge in [0, 0.05) is 17.3 Å². The second kappa shape index (κ2) is 53.2. The van der Waals surface area contributed by atoms with Crippen molar-refractivity contribution in [3.63, 3.8) is 0 Å². The molecule has 126 heavy (non-hydrogen) atoms. The summed E-state index contributed by atoms with van der Waals surface area (Å²) in [5, 5.41) is 3.67. The number of ether oxygens (including phenoxy) is 9. The quantitative estimate of drug-likeness (QED) is 0.0256. The van der Waals surface area contributed by atoms with E-state index < -0.39 is 113 Å². The van der Waals surface area contributed by atoms with E-state index in [2.05, 4.69) is 103 Å². The lowest BCUT2D eigenvalue weighted by atomic mass is 9.65. The van der Waals surface area contributed by atoms with Gasteiger partial charge in [0.25, 0.3) is 6.10 Å². The Morgan fingerprint density at radius 2 is 0.889 bits per heavy atom. The predicted octanol–water partition coefficient (Wildman–Crippen LogP) is 23.7. The molecule has 22 nitrogen and oxygen atoms in total. The van der Waals surface area contributed by atoms with E-state index >= 15 is 0 Å². The smallest absolute Gasteiger partial charge is 0.432 e. The molecule has 2 aliphatic heterocycles. The molecule has 1 spiro atoms. The summed E-state index contributed by atoms with van der Waals surface area (Å²) in [5.74, 6) is -5.36. The zero-order valence-corrected chi connectivity index (χ0v) is 73.5. The van der Waals surface area contributed by atoms with Crippen LogP contribution in [0.1, 0.15) is 322 Å². The summed E-state index contributed by atoms with van der Waals surface area (Å²) >= 11 is 0. The number of cyclic esters (lactones) is 1. The Kier molecular flexibility index (Phi) is 55.6. The molecule has 7 unspecified atom stereocenters. The van der Waals surface area contributed by atoms with Crippen molar-refractivity contribution < 1.29 is 126 Å². The van der Waals surface area contributed by atoms with Gasteiger partial charge in [0.2, 0.25) is 0 Å². The van der Waals surface area contributed by atoms with Gasteiger partial charge in [0.1, 0.15) is 29.8 Å². The van der Waals surface area contributed by atoms with Gasteiger partial charge < -0.3 is 52.3 Å². The highest BCUT2D eigenvalue weighted by Gasteiger charge is 2.71. The first-order valence-corrected chi connectivity index (χ1v) is 42.7. The van der Waals surface area contributed by atoms with Crippen molar-refractivity contribution in [2.75, 3.05) is 26.9 Å². The van der Waals surface area contributed by atoms with Crippen molar-refractivity contribution in [3.8, 4) is 0 Å². The molecule has 0 radical (unpaired) electrons. The van der Waals surface area contributed by atoms with E-state index in [1.807, 2.05) is 104 Å². The third kappa shape index (κ3) is 33.6. The molecule has 0 amide bonds. The highest BCUT2D eigenvalue weighted by Crippen LogP contribution is 2.59. The zero-order chi connectivity index (χ0) is 88.5. The minimum absolute atomic E-state index is 0. The van der Waals surface area contributed by atoms with E-state index in [1.165, 1.54) is 55.4 Å². The second-order valence-electron chi connectivity index (χ2n) is 35.5. The van der Waals surface area contributed by atoms with Crippen LogP contribution in [0.4, 0.5) is 22.0 Å². The van der Waals surface area contributed by atoms with Crippen molar-refractivity contribution in [1.82, 2.24) is 0 Å². The van der Waals surface area contributed by atoms with Gasteiger partial charge in [-0.2, -0.15) is 22.0 Å². The Morgan fingerprint density at radius 1 is 0.524 bits per heavy atom. The fraction of sp³-hybridized carbons (Fsp3) is 0.722. The molecule has 29 heteroatoms. The van der Waals surface area contributed by atoms with E-state index in [9.17, 15) is 83.2 Å². The summed E-state index contributed by atoms with van der Waals surface area (Å²) in [4.78, 5) is 112. The van der Waals surface area contributed by atoms with E-state index in [0.29, 0.717) is 25.7 Å². The van der Waals surface area contributed by atoms with Gasteiger partial charge in [0.05, 0.1) is 70.1 Å². The van der Waals surface area contributed by atoms with E-state index in [1.54, 1.807) is 0 Å². The maximum absolute atomic E-state index is 13.0. The van der Waals surface area contributed by atoms with Crippen LogP contribution in [0.3, 0.4) is 0 Å². The third-order valence-corrected chi connectivity index (χ3v) is 26.7. The van der Waals surface area contributed by atoms with Crippen LogP contribution in [0, 0.1) is 61.6 Å². The van der Waals surface area contributed by atoms with Crippen molar-refractivity contribution in [2.45, 2.75) is 384 Å². The van der Waals surface area contributed by atoms with Gasteiger partial charge in [-0.1, -0.05) is 204 Å². The number of carbonyl (C=O) groups is 9. The number of aliphatic hydroxyl groups is 1. The number of rotatable bonds is 26. The Balaban J connectivity index is -0.000000266. The molecule has 3 aromatic rings. The molecule has 1 N–H and O–H groups in total. The number of fused-ring (bicyclic) bond motifs is 1. The van der Waals surface area contributed by atoms with Gasteiger partial charge in [-0.3, -0.25) is 38.4 Å². The molecule has 734 valence electrons. The van der Waals surface area contributed by atoms with Crippen LogP contribution >= 0.6 is 0 Å². The van der Waals surface area contributed by atoms with Crippen molar-refractivity contribution in [3.05, 3.63) is 91.0 Å². The summed E-state index contributed by atoms with van der Waals surface area (Å²) in [6.07, 6.45) is 2.45. The van der Waals surface area contributed by atoms with Crippen molar-refractivity contribution in [1.29, 1.82) is 0 Å². The normalized spacial score (nSPS) is 20.0. The van der Waals surface area contributed by atoms with Crippen LogP contribution in [0.2, 0.25) is 0 Å². The number of hydrogen-bond donors (Lipinski definition) is 1. The summed E-state index contributed by atoms with van der Waals surface area (Å²) in [7, 11) is -5.36. The number of hydrogen-bond acceptors (Lipinski definition) is 22. The summed E-state index contributed by atoms with van der Waals surface area (Å²) in [5.41, 5.74) is -7.09. The lowest BCUT2D eigenvalue weighted by Gasteiger charge is -2.42. The van der Waals surface area contributed by atoms with Crippen LogP contribution in [0.5, 0.6) is 0 Å². The molecule has 2 bridgehead atoms. The highest BCUT2D eigenvalue weighted by molar-refractivity contribution is 7.97. The largest absolute Gasteiger partial charge is 0.743 e. The molecule has 6 aliphatic rings. The van der Waals surface area contributed by atoms with Gasteiger partial charge in [-0.25, -0.2) is 13.2 Å². The Labute approximate surface area is 759 Å². The molecule has 9 rings (SSSR count). The van der Waals surface area contributed by atoms with Crippen LogP contribution in [-0.2, 0) is 107 Å². The Morgan fingerprint density at radius 3 is 1.25 bits per heavy atom. The number of alkyl halides is 5. The molecule has 0 aromatic heterocycles. The molecule has 4 aliphatic carbocycles. The molecular formula is C97H167F5O22S2. The average Bonchev–Trinajstić information content (AvgIpc) is 1.54. The number of esters is 9. The number of methoxy groups -OCH3 is 1. The van der Waals surface area contributed by atoms with E-state index in [-0.39, 0.29) is 170 Å². The molecule has 6 fully saturated rings. The number of halogens is 5. The maximum atomic E-state index is 13.0. The summed E-state index contributed by atoms with van der Waals surface area (Å²) < 4.78 is 141. The lowest BCUT2D eigenvalue weighted by molar-refractivity contribution is -0.262. The predicted molar refractivity (Wildman–Crippen MR) is 491 cm³/mol. The van der Waals surface area contributed by atoms with Gasteiger partial charge in [-0.05, 0) is 210 Å². The van der Waals surface area contributed by atoms with Crippen LogP contribution in [0.25, 0.3) is 0 Å². The number of carbonyl (C=O) groups excluding carboxylic acids is 9. The fourth-order valence-corrected chi connectivity index (χ4v) is 15.8. The SMILES string of the molecule is C.C.C.C.C.C.C.C.C.C.CCC(C)(C)C(=O)OC(C(F)(F)F)C(F)(F)S(=O)(=O)[O-].CCC(C)(C)C(=O)OC1C2CC3C1OC(=O)C3C2C(=O)OC.CCC(C)(C)C(=O)OCC(C)(C)COC(=O)C(C)(C)O.CCC(C)(C)C(=O)O[C@]1(C)COC(=O)C12CCCCC2.CCC1(OC(=O)C(C)(C)CC)CCCC1.c1ccc([S+](c2ccccc2)c2ccccc2)cc1. The van der Waals surface area contributed by atoms with Crippen molar-refractivity contribution in [2.24, 2.45) is 61.6 Å². The third-order valence-electron chi connectivity index (χ3n) is 23.6. The average molecular weight is 1840 g/mol. The minimum atomic E-state index is -6.66. The van der Waals surface area contributed by atoms with Gasteiger partial charge in [-0.15, -0.1) is 0 Å².